The number of carbonyl (C=O) groups excluding carboxylic acids is 1. The van der Waals surface area contributed by atoms with E-state index in [1.54, 1.807) is 43.3 Å². The summed E-state index contributed by atoms with van der Waals surface area (Å²) in [5, 5.41) is 3.57. The van der Waals surface area contributed by atoms with Gasteiger partial charge >= 0.3 is 0 Å². The molecule has 0 aliphatic carbocycles. The van der Waals surface area contributed by atoms with Crippen molar-refractivity contribution in [2.45, 2.75) is 6.92 Å². The second-order valence-electron chi connectivity index (χ2n) is 5.26. The number of nitrogens with one attached hydrogen (secondary N) is 1. The number of rotatable bonds is 3. The van der Waals surface area contributed by atoms with Gasteiger partial charge in [-0.3, -0.25) is 4.79 Å². The third kappa shape index (κ3) is 3.95. The number of benzene rings is 1. The molecule has 1 N–H and O–H groups in total. The third-order valence-corrected chi connectivity index (χ3v) is 4.05. The first kappa shape index (κ1) is 17.3. The van der Waals surface area contributed by atoms with E-state index < -0.39 is 11.9 Å². The Bertz CT molecular complexity index is 963. The summed E-state index contributed by atoms with van der Waals surface area (Å²) in [5.74, 6) is -1.02. The number of aryl methyl sites for hydroxylation is 1. The van der Waals surface area contributed by atoms with Gasteiger partial charge in [0.2, 0.25) is 5.95 Å². The average molecular weight is 376 g/mol. The summed E-state index contributed by atoms with van der Waals surface area (Å²) in [4.78, 5) is 20.3. The number of aromatic nitrogens is 2. The quantitative estimate of drug-likeness (QED) is 0.644. The summed E-state index contributed by atoms with van der Waals surface area (Å²) in [6.07, 6.45) is 0. The van der Waals surface area contributed by atoms with Gasteiger partial charge in [0.05, 0.1) is 22.0 Å². The van der Waals surface area contributed by atoms with Crippen molar-refractivity contribution < 1.29 is 9.18 Å². The molecule has 0 atom stereocenters. The van der Waals surface area contributed by atoms with Crippen molar-refractivity contribution in [2.75, 3.05) is 5.32 Å². The van der Waals surface area contributed by atoms with Gasteiger partial charge in [0.25, 0.3) is 5.91 Å². The second-order valence-corrected chi connectivity index (χ2v) is 6.06. The van der Waals surface area contributed by atoms with Gasteiger partial charge in [-0.1, -0.05) is 29.3 Å². The monoisotopic (exact) mass is 375 g/mol. The summed E-state index contributed by atoms with van der Waals surface area (Å²) in [6, 6.07) is 12.8. The Morgan fingerprint density at radius 2 is 1.88 bits per heavy atom. The first-order valence-corrected chi connectivity index (χ1v) is 8.06. The van der Waals surface area contributed by atoms with Crippen molar-refractivity contribution in [3.8, 4) is 11.3 Å². The van der Waals surface area contributed by atoms with Gasteiger partial charge in [-0.25, -0.2) is 9.97 Å². The maximum Gasteiger partial charge on any atom is 0.257 e. The van der Waals surface area contributed by atoms with Crippen molar-refractivity contribution >= 4 is 34.8 Å². The smallest absolute Gasteiger partial charge is 0.257 e. The Labute approximate surface area is 153 Å². The van der Waals surface area contributed by atoms with Crippen LogP contribution in [-0.4, -0.2) is 15.9 Å². The van der Waals surface area contributed by atoms with Gasteiger partial charge < -0.3 is 5.32 Å². The SMILES string of the molecule is Cc1nc(F)ccc1C(=O)Nc1ccc(Cl)c(-c2cccc(Cl)n2)c1. The van der Waals surface area contributed by atoms with Crippen LogP contribution >= 0.6 is 23.2 Å². The van der Waals surface area contributed by atoms with Gasteiger partial charge in [-0.05, 0) is 49.4 Å². The normalized spacial score (nSPS) is 10.6. The van der Waals surface area contributed by atoms with E-state index in [1.807, 2.05) is 0 Å². The molecule has 0 bridgehead atoms. The standard InChI is InChI=1S/C18H12Cl2FN3O/c1-10-12(6-8-17(21)22-10)18(25)23-11-5-7-14(19)13(9-11)15-3-2-4-16(20)24-15/h2-9H,1H3,(H,23,25). The molecule has 1 amide bonds. The minimum absolute atomic E-state index is 0.291. The van der Waals surface area contributed by atoms with Crippen LogP contribution in [0.3, 0.4) is 0 Å². The molecular weight excluding hydrogens is 364 g/mol. The van der Waals surface area contributed by atoms with Gasteiger partial charge in [0.15, 0.2) is 0 Å². The number of hydrogen-bond donors (Lipinski definition) is 1. The van der Waals surface area contributed by atoms with Crippen LogP contribution in [0.15, 0.2) is 48.5 Å². The van der Waals surface area contributed by atoms with Crippen LogP contribution in [-0.2, 0) is 0 Å². The molecule has 4 nitrogen and oxygen atoms in total. The molecule has 2 aromatic heterocycles. The number of pyridine rings is 2. The van der Waals surface area contributed by atoms with E-state index in [-0.39, 0.29) is 0 Å². The lowest BCUT2D eigenvalue weighted by atomic mass is 10.1. The molecule has 0 saturated heterocycles. The largest absolute Gasteiger partial charge is 0.322 e. The summed E-state index contributed by atoms with van der Waals surface area (Å²) in [5.41, 5.74) is 2.35. The Kier molecular flexibility index (Phi) is 4.97. The van der Waals surface area contributed by atoms with E-state index in [2.05, 4.69) is 15.3 Å². The van der Waals surface area contributed by atoms with Gasteiger partial charge in [0.1, 0.15) is 5.15 Å². The van der Waals surface area contributed by atoms with Crippen LogP contribution in [0.25, 0.3) is 11.3 Å². The zero-order chi connectivity index (χ0) is 18.0. The van der Waals surface area contributed by atoms with Crippen LogP contribution in [0.4, 0.5) is 10.1 Å². The third-order valence-electron chi connectivity index (χ3n) is 3.51. The molecule has 0 spiro atoms. The van der Waals surface area contributed by atoms with E-state index >= 15 is 0 Å². The molecule has 0 unspecified atom stereocenters. The van der Waals surface area contributed by atoms with Gasteiger partial charge in [0, 0.05) is 11.3 Å². The molecule has 3 aromatic rings. The molecule has 0 aliphatic rings. The lowest BCUT2D eigenvalue weighted by Gasteiger charge is -2.10. The number of amides is 1. The predicted octanol–water partition coefficient (Wildman–Crippen LogP) is 5.15. The maximum atomic E-state index is 13.1. The molecule has 25 heavy (non-hydrogen) atoms. The molecule has 2 heterocycles. The van der Waals surface area contributed by atoms with E-state index in [0.29, 0.717) is 38.4 Å². The number of anilines is 1. The van der Waals surface area contributed by atoms with Crippen LogP contribution in [0, 0.1) is 12.9 Å². The molecule has 126 valence electrons. The van der Waals surface area contributed by atoms with Crippen molar-refractivity contribution in [3.63, 3.8) is 0 Å². The molecular formula is C18H12Cl2FN3O. The minimum atomic E-state index is -0.630. The van der Waals surface area contributed by atoms with Crippen LogP contribution in [0.1, 0.15) is 16.1 Å². The highest BCUT2D eigenvalue weighted by Gasteiger charge is 2.13. The van der Waals surface area contributed by atoms with Crippen molar-refractivity contribution in [1.29, 1.82) is 0 Å². The Hall–Kier alpha value is -2.50. The van der Waals surface area contributed by atoms with E-state index in [4.69, 9.17) is 23.2 Å². The molecule has 0 fully saturated rings. The average Bonchev–Trinajstić information content (AvgIpc) is 2.56. The van der Waals surface area contributed by atoms with Gasteiger partial charge in [-0.2, -0.15) is 4.39 Å². The highest BCUT2D eigenvalue weighted by molar-refractivity contribution is 6.33. The van der Waals surface area contributed by atoms with Crippen LogP contribution in [0.2, 0.25) is 10.2 Å². The molecule has 7 heteroatoms. The fourth-order valence-electron chi connectivity index (χ4n) is 2.33. The zero-order valence-electron chi connectivity index (χ0n) is 13.1. The maximum absolute atomic E-state index is 13.1. The summed E-state index contributed by atoms with van der Waals surface area (Å²) in [6.45, 7) is 1.57. The fourth-order valence-corrected chi connectivity index (χ4v) is 2.70. The number of nitrogens with zero attached hydrogens (tertiary/aromatic N) is 2. The minimum Gasteiger partial charge on any atom is -0.322 e. The lowest BCUT2D eigenvalue weighted by Crippen LogP contribution is -2.14. The second kappa shape index (κ2) is 7.17. The van der Waals surface area contributed by atoms with E-state index in [9.17, 15) is 9.18 Å². The Balaban J connectivity index is 1.91. The molecule has 1 aromatic carbocycles. The van der Waals surface area contributed by atoms with Crippen molar-refractivity contribution in [1.82, 2.24) is 9.97 Å². The summed E-state index contributed by atoms with van der Waals surface area (Å²) in [7, 11) is 0. The van der Waals surface area contributed by atoms with Crippen molar-refractivity contribution in [3.05, 3.63) is 75.9 Å². The van der Waals surface area contributed by atoms with E-state index in [0.717, 1.165) is 6.07 Å². The molecule has 0 aliphatic heterocycles. The zero-order valence-corrected chi connectivity index (χ0v) is 14.6. The number of hydrogen-bond acceptors (Lipinski definition) is 3. The lowest BCUT2D eigenvalue weighted by molar-refractivity contribution is 0.102. The number of halogens is 3. The molecule has 0 radical (unpaired) electrons. The van der Waals surface area contributed by atoms with E-state index in [1.165, 1.54) is 6.07 Å². The highest BCUT2D eigenvalue weighted by atomic mass is 35.5. The topological polar surface area (TPSA) is 54.9 Å². The summed E-state index contributed by atoms with van der Waals surface area (Å²) < 4.78 is 13.1. The Morgan fingerprint density at radius 1 is 1.08 bits per heavy atom. The fraction of sp³-hybridized carbons (Fsp3) is 0.0556. The first-order valence-electron chi connectivity index (χ1n) is 7.31. The molecule has 3 rings (SSSR count). The number of carbonyl (C=O) groups is 1. The van der Waals surface area contributed by atoms with Gasteiger partial charge in [-0.15, -0.1) is 0 Å². The van der Waals surface area contributed by atoms with Crippen molar-refractivity contribution in [2.24, 2.45) is 0 Å². The first-order chi connectivity index (χ1) is 11.9. The molecule has 0 saturated carbocycles. The van der Waals surface area contributed by atoms with Crippen LogP contribution in [0.5, 0.6) is 0 Å². The predicted molar refractivity (Wildman–Crippen MR) is 96.6 cm³/mol. The highest BCUT2D eigenvalue weighted by Crippen LogP contribution is 2.30. The summed E-state index contributed by atoms with van der Waals surface area (Å²) >= 11 is 12.2. The van der Waals surface area contributed by atoms with Crippen LogP contribution < -0.4 is 5.32 Å². The Morgan fingerprint density at radius 3 is 2.60 bits per heavy atom.